The third-order valence-electron chi connectivity index (χ3n) is 3.62. The summed E-state index contributed by atoms with van der Waals surface area (Å²) in [6.45, 7) is 1.68. The van der Waals surface area contributed by atoms with Crippen molar-refractivity contribution >= 4 is 11.6 Å². The van der Waals surface area contributed by atoms with Crippen molar-refractivity contribution < 1.29 is 13.7 Å². The number of carbonyl (C=O) groups is 1. The van der Waals surface area contributed by atoms with Crippen LogP contribution in [0.2, 0.25) is 0 Å². The molecule has 0 saturated carbocycles. The Bertz CT molecular complexity index is 945. The second-order valence-corrected chi connectivity index (χ2v) is 5.64. The summed E-state index contributed by atoms with van der Waals surface area (Å²) in [5.74, 6) is -0.615. The third kappa shape index (κ3) is 4.20. The first-order valence-corrected chi connectivity index (χ1v) is 7.67. The summed E-state index contributed by atoms with van der Waals surface area (Å²) in [5, 5.41) is 6.51. The van der Waals surface area contributed by atoms with E-state index < -0.39 is 5.76 Å². The summed E-state index contributed by atoms with van der Waals surface area (Å²) >= 11 is 0. The molecule has 7 heteroatoms. The van der Waals surface area contributed by atoms with E-state index in [2.05, 4.69) is 10.5 Å². The normalized spacial score (nSPS) is 10.6. The highest BCUT2D eigenvalue weighted by atomic mass is 19.1. The number of aromatic nitrogens is 2. The van der Waals surface area contributed by atoms with E-state index in [0.717, 1.165) is 11.1 Å². The van der Waals surface area contributed by atoms with Gasteiger partial charge in [0.05, 0.1) is 6.54 Å². The lowest BCUT2D eigenvalue weighted by molar-refractivity contribution is -0.114. The molecule has 3 aromatic rings. The lowest BCUT2D eigenvalue weighted by Crippen LogP contribution is -2.18. The molecule has 1 aromatic heterocycles. The number of anilines is 1. The smallest absolute Gasteiger partial charge is 0.326 e. The standard InChI is InChI=1S/C18H16FN3O3/c1-12(23)20-16-4-2-3-14(9-16)11-22-17(21-25-18(22)24)10-13-5-7-15(19)8-6-13/h2-9H,10-11H2,1H3,(H,20,23). The minimum absolute atomic E-state index is 0.170. The SMILES string of the molecule is CC(=O)Nc1cccc(Cn2c(Cc3ccc(F)cc3)noc2=O)c1. The molecular weight excluding hydrogens is 325 g/mol. The van der Waals surface area contributed by atoms with Crippen LogP contribution in [0.5, 0.6) is 0 Å². The summed E-state index contributed by atoms with van der Waals surface area (Å²) in [7, 11) is 0. The molecule has 0 aliphatic carbocycles. The van der Waals surface area contributed by atoms with Crippen LogP contribution < -0.4 is 11.1 Å². The molecule has 128 valence electrons. The average Bonchev–Trinajstić information content (AvgIpc) is 2.90. The molecular formula is C18H16FN3O3. The van der Waals surface area contributed by atoms with Gasteiger partial charge in [0.25, 0.3) is 0 Å². The minimum Gasteiger partial charge on any atom is -0.326 e. The number of hydrogen-bond acceptors (Lipinski definition) is 4. The highest BCUT2D eigenvalue weighted by molar-refractivity contribution is 5.88. The lowest BCUT2D eigenvalue weighted by Gasteiger charge is -2.07. The second kappa shape index (κ2) is 7.12. The fourth-order valence-electron chi connectivity index (χ4n) is 2.50. The second-order valence-electron chi connectivity index (χ2n) is 5.64. The monoisotopic (exact) mass is 341 g/mol. The summed E-state index contributed by atoms with van der Waals surface area (Å²) in [4.78, 5) is 23.1. The van der Waals surface area contributed by atoms with Crippen LogP contribution in [0.1, 0.15) is 23.9 Å². The van der Waals surface area contributed by atoms with E-state index in [1.807, 2.05) is 6.07 Å². The van der Waals surface area contributed by atoms with Crippen molar-refractivity contribution in [2.45, 2.75) is 19.9 Å². The van der Waals surface area contributed by atoms with Crippen LogP contribution in [0.25, 0.3) is 0 Å². The molecule has 1 amide bonds. The van der Waals surface area contributed by atoms with Gasteiger partial charge in [-0.3, -0.25) is 13.9 Å². The molecule has 0 fully saturated rings. The Morgan fingerprint density at radius 2 is 1.96 bits per heavy atom. The molecule has 25 heavy (non-hydrogen) atoms. The molecule has 0 bridgehead atoms. The molecule has 6 nitrogen and oxygen atoms in total. The molecule has 0 aliphatic rings. The molecule has 0 radical (unpaired) electrons. The number of rotatable bonds is 5. The van der Waals surface area contributed by atoms with E-state index >= 15 is 0 Å². The van der Waals surface area contributed by atoms with Crippen LogP contribution >= 0.6 is 0 Å². The van der Waals surface area contributed by atoms with E-state index in [9.17, 15) is 14.0 Å². The lowest BCUT2D eigenvalue weighted by atomic mass is 10.1. The van der Waals surface area contributed by atoms with E-state index in [1.54, 1.807) is 30.3 Å². The number of halogens is 1. The highest BCUT2D eigenvalue weighted by Gasteiger charge is 2.12. The quantitative estimate of drug-likeness (QED) is 0.774. The van der Waals surface area contributed by atoms with Crippen molar-refractivity contribution in [1.29, 1.82) is 0 Å². The number of hydrogen-bond donors (Lipinski definition) is 1. The largest absolute Gasteiger partial charge is 0.441 e. The molecule has 0 unspecified atom stereocenters. The predicted molar refractivity (Wildman–Crippen MR) is 89.8 cm³/mol. The molecule has 2 aromatic carbocycles. The van der Waals surface area contributed by atoms with Crippen LogP contribution in [0.15, 0.2) is 57.8 Å². The van der Waals surface area contributed by atoms with Gasteiger partial charge in [-0.1, -0.05) is 29.4 Å². The summed E-state index contributed by atoms with van der Waals surface area (Å²) < 4.78 is 19.2. The Balaban J connectivity index is 1.83. The fraction of sp³-hybridized carbons (Fsp3) is 0.167. The van der Waals surface area contributed by atoms with Gasteiger partial charge in [0, 0.05) is 19.0 Å². The zero-order valence-electron chi connectivity index (χ0n) is 13.5. The van der Waals surface area contributed by atoms with Crippen molar-refractivity contribution in [3.63, 3.8) is 0 Å². The van der Waals surface area contributed by atoms with Crippen LogP contribution in [0.4, 0.5) is 10.1 Å². The maximum Gasteiger partial charge on any atom is 0.441 e. The van der Waals surface area contributed by atoms with Crippen molar-refractivity contribution in [1.82, 2.24) is 9.72 Å². The van der Waals surface area contributed by atoms with Crippen LogP contribution in [0, 0.1) is 5.82 Å². The van der Waals surface area contributed by atoms with Crippen LogP contribution in [-0.4, -0.2) is 15.6 Å². The van der Waals surface area contributed by atoms with Crippen molar-refractivity contribution in [3.05, 3.63) is 81.9 Å². The molecule has 3 rings (SSSR count). The maximum absolute atomic E-state index is 13.0. The fourth-order valence-corrected chi connectivity index (χ4v) is 2.50. The summed E-state index contributed by atoms with van der Waals surface area (Å²) in [6, 6.07) is 13.2. The van der Waals surface area contributed by atoms with E-state index in [1.165, 1.54) is 23.6 Å². The number of amides is 1. The van der Waals surface area contributed by atoms with Gasteiger partial charge >= 0.3 is 5.76 Å². The topological polar surface area (TPSA) is 77.1 Å². The van der Waals surface area contributed by atoms with Crippen molar-refractivity contribution in [2.24, 2.45) is 0 Å². The highest BCUT2D eigenvalue weighted by Crippen LogP contribution is 2.13. The Hall–Kier alpha value is -3.22. The van der Waals surface area contributed by atoms with Crippen LogP contribution in [-0.2, 0) is 17.8 Å². The molecule has 0 saturated heterocycles. The number of nitrogens with one attached hydrogen (secondary N) is 1. The predicted octanol–water partition coefficient (Wildman–Crippen LogP) is 2.57. The van der Waals surface area contributed by atoms with E-state index in [-0.39, 0.29) is 18.3 Å². The first-order valence-electron chi connectivity index (χ1n) is 7.67. The van der Waals surface area contributed by atoms with Crippen molar-refractivity contribution in [3.8, 4) is 0 Å². The van der Waals surface area contributed by atoms with Gasteiger partial charge < -0.3 is 5.32 Å². The van der Waals surface area contributed by atoms with E-state index in [4.69, 9.17) is 4.52 Å². The molecule has 0 aliphatic heterocycles. The zero-order chi connectivity index (χ0) is 17.8. The summed E-state index contributed by atoms with van der Waals surface area (Å²) in [6.07, 6.45) is 0.345. The Morgan fingerprint density at radius 1 is 1.20 bits per heavy atom. The van der Waals surface area contributed by atoms with E-state index in [0.29, 0.717) is 17.9 Å². The number of benzene rings is 2. The number of carbonyl (C=O) groups excluding carboxylic acids is 1. The molecule has 1 heterocycles. The maximum atomic E-state index is 13.0. The number of nitrogens with zero attached hydrogens (tertiary/aromatic N) is 2. The third-order valence-corrected chi connectivity index (χ3v) is 3.62. The molecule has 0 spiro atoms. The van der Waals surface area contributed by atoms with Crippen molar-refractivity contribution in [2.75, 3.05) is 5.32 Å². The average molecular weight is 341 g/mol. The molecule has 0 atom stereocenters. The van der Waals surface area contributed by atoms with Gasteiger partial charge in [0.1, 0.15) is 5.82 Å². The minimum atomic E-state index is -0.568. The Morgan fingerprint density at radius 3 is 2.68 bits per heavy atom. The first kappa shape index (κ1) is 16.6. The van der Waals surface area contributed by atoms with Gasteiger partial charge in [-0.25, -0.2) is 9.18 Å². The van der Waals surface area contributed by atoms with Gasteiger partial charge in [-0.15, -0.1) is 0 Å². The molecule has 1 N–H and O–H groups in total. The Labute approximate surface area is 142 Å². The van der Waals surface area contributed by atoms with Gasteiger partial charge in [0.15, 0.2) is 5.82 Å². The van der Waals surface area contributed by atoms with Gasteiger partial charge in [-0.05, 0) is 35.4 Å². The summed E-state index contributed by atoms with van der Waals surface area (Å²) in [5.41, 5.74) is 2.28. The zero-order valence-corrected chi connectivity index (χ0v) is 13.5. The Kier molecular flexibility index (Phi) is 4.74. The van der Waals surface area contributed by atoms with Gasteiger partial charge in [-0.2, -0.15) is 0 Å². The van der Waals surface area contributed by atoms with Gasteiger partial charge in [0.2, 0.25) is 5.91 Å². The first-order chi connectivity index (χ1) is 12.0. The van der Waals surface area contributed by atoms with Crippen LogP contribution in [0.3, 0.4) is 0 Å².